The van der Waals surface area contributed by atoms with Crippen molar-refractivity contribution in [3.8, 4) is 5.75 Å². The maximum atomic E-state index is 13.2. The number of nitrogens with zero attached hydrogens (tertiary/aromatic N) is 1. The van der Waals surface area contributed by atoms with Crippen LogP contribution in [0.4, 0.5) is 13.2 Å². The van der Waals surface area contributed by atoms with E-state index in [1.165, 1.54) is 20.2 Å². The van der Waals surface area contributed by atoms with Gasteiger partial charge in [0.2, 0.25) is 0 Å². The van der Waals surface area contributed by atoms with Crippen molar-refractivity contribution >= 4 is 5.91 Å². The number of carbonyl (C=O) groups is 1. The molecule has 4 nitrogen and oxygen atoms in total. The summed E-state index contributed by atoms with van der Waals surface area (Å²) in [5, 5.41) is 0.921. The Kier molecular flexibility index (Phi) is 4.96. The van der Waals surface area contributed by atoms with Crippen molar-refractivity contribution in [1.29, 1.82) is 0 Å². The van der Waals surface area contributed by atoms with E-state index in [0.29, 0.717) is 0 Å². The zero-order valence-corrected chi connectivity index (χ0v) is 9.82. The maximum absolute atomic E-state index is 13.2. The van der Waals surface area contributed by atoms with Crippen LogP contribution >= 0.6 is 0 Å². The quantitative estimate of drug-likeness (QED) is 0.764. The molecule has 0 spiro atoms. The summed E-state index contributed by atoms with van der Waals surface area (Å²) in [5.41, 5.74) is 0.0741. The first-order valence-corrected chi connectivity index (χ1v) is 4.98. The zero-order valence-electron chi connectivity index (χ0n) is 9.82. The summed E-state index contributed by atoms with van der Waals surface area (Å²) in [4.78, 5) is 16.3. The molecule has 7 heteroatoms. The van der Waals surface area contributed by atoms with Crippen LogP contribution in [0.3, 0.4) is 0 Å². The van der Waals surface area contributed by atoms with Crippen LogP contribution in [0.5, 0.6) is 5.75 Å². The summed E-state index contributed by atoms with van der Waals surface area (Å²) in [5.74, 6) is -1.75. The lowest BCUT2D eigenvalue weighted by atomic mass is 10.2. The van der Waals surface area contributed by atoms with Crippen molar-refractivity contribution in [3.63, 3.8) is 0 Å². The minimum absolute atomic E-state index is 0.0741. The van der Waals surface area contributed by atoms with Crippen molar-refractivity contribution < 1.29 is 27.5 Å². The lowest BCUT2D eigenvalue weighted by Crippen LogP contribution is -2.25. The second-order valence-electron chi connectivity index (χ2n) is 3.33. The molecule has 0 unspecified atom stereocenters. The molecule has 0 aliphatic rings. The third-order valence-electron chi connectivity index (χ3n) is 2.10. The highest BCUT2D eigenvalue weighted by atomic mass is 19.3. The molecule has 1 aromatic rings. The van der Waals surface area contributed by atoms with Gasteiger partial charge in [-0.1, -0.05) is 0 Å². The maximum Gasteiger partial charge on any atom is 0.277 e. The Morgan fingerprint density at radius 1 is 1.44 bits per heavy atom. The number of amides is 1. The lowest BCUT2D eigenvalue weighted by molar-refractivity contribution is -0.0757. The minimum atomic E-state index is -2.72. The highest BCUT2D eigenvalue weighted by molar-refractivity contribution is 5.93. The van der Waals surface area contributed by atoms with Crippen molar-refractivity contribution in [2.75, 3.05) is 20.8 Å². The Morgan fingerprint density at radius 3 is 2.67 bits per heavy atom. The first-order valence-electron chi connectivity index (χ1n) is 4.98. The van der Waals surface area contributed by atoms with E-state index in [1.807, 2.05) is 0 Å². The molecule has 0 N–H and O–H groups in total. The molecule has 0 atom stereocenters. The van der Waals surface area contributed by atoms with E-state index < -0.39 is 30.5 Å². The molecule has 0 radical (unpaired) electrons. The number of ether oxygens (including phenoxy) is 1. The molecule has 0 aliphatic heterocycles. The number of hydroxylamine groups is 2. The summed E-state index contributed by atoms with van der Waals surface area (Å²) in [6, 6.07) is 3.23. The van der Waals surface area contributed by atoms with Crippen LogP contribution in [0.2, 0.25) is 0 Å². The van der Waals surface area contributed by atoms with Crippen LogP contribution in [-0.4, -0.2) is 38.2 Å². The van der Waals surface area contributed by atoms with Crippen LogP contribution < -0.4 is 4.74 Å². The zero-order chi connectivity index (χ0) is 13.7. The molecule has 0 saturated carbocycles. The monoisotopic (exact) mass is 263 g/mol. The van der Waals surface area contributed by atoms with E-state index in [9.17, 15) is 18.0 Å². The fourth-order valence-corrected chi connectivity index (χ4v) is 1.16. The van der Waals surface area contributed by atoms with Crippen molar-refractivity contribution in [1.82, 2.24) is 5.06 Å². The molecule has 0 fully saturated rings. The highest BCUT2D eigenvalue weighted by Crippen LogP contribution is 2.20. The van der Waals surface area contributed by atoms with Gasteiger partial charge in [-0.05, 0) is 18.2 Å². The molecule has 18 heavy (non-hydrogen) atoms. The molecule has 1 aromatic carbocycles. The van der Waals surface area contributed by atoms with Gasteiger partial charge < -0.3 is 4.74 Å². The van der Waals surface area contributed by atoms with Gasteiger partial charge in [-0.15, -0.1) is 0 Å². The molecule has 0 aliphatic carbocycles. The largest absolute Gasteiger partial charge is 0.485 e. The number of benzene rings is 1. The number of alkyl halides is 2. The number of hydrogen-bond acceptors (Lipinski definition) is 3. The van der Waals surface area contributed by atoms with Gasteiger partial charge >= 0.3 is 0 Å². The Balaban J connectivity index is 2.89. The first-order chi connectivity index (χ1) is 8.45. The lowest BCUT2D eigenvalue weighted by Gasteiger charge is -2.14. The van der Waals surface area contributed by atoms with Crippen LogP contribution in [0.25, 0.3) is 0 Å². The van der Waals surface area contributed by atoms with E-state index in [2.05, 4.69) is 9.57 Å². The number of hydrogen-bond donors (Lipinski definition) is 0. The summed E-state index contributed by atoms with van der Waals surface area (Å²) in [6.45, 7) is -0.936. The summed E-state index contributed by atoms with van der Waals surface area (Å²) in [7, 11) is 2.65. The normalized spacial score (nSPS) is 10.6. The molecule has 1 rings (SSSR count). The van der Waals surface area contributed by atoms with Crippen LogP contribution in [-0.2, 0) is 4.84 Å². The molecular weight excluding hydrogens is 251 g/mol. The van der Waals surface area contributed by atoms with Crippen molar-refractivity contribution in [2.45, 2.75) is 6.43 Å². The fraction of sp³-hybridized carbons (Fsp3) is 0.364. The first kappa shape index (κ1) is 14.3. The van der Waals surface area contributed by atoms with Gasteiger partial charge in [0.1, 0.15) is 6.61 Å². The smallest absolute Gasteiger partial charge is 0.277 e. The van der Waals surface area contributed by atoms with E-state index in [0.717, 1.165) is 17.2 Å². The van der Waals surface area contributed by atoms with E-state index >= 15 is 0 Å². The second-order valence-corrected chi connectivity index (χ2v) is 3.33. The Morgan fingerprint density at radius 2 is 2.11 bits per heavy atom. The van der Waals surface area contributed by atoms with E-state index in [4.69, 9.17) is 0 Å². The van der Waals surface area contributed by atoms with Crippen molar-refractivity contribution in [3.05, 3.63) is 29.6 Å². The summed E-state index contributed by atoms with van der Waals surface area (Å²) >= 11 is 0. The highest BCUT2D eigenvalue weighted by Gasteiger charge is 2.15. The average molecular weight is 263 g/mol. The minimum Gasteiger partial charge on any atom is -0.485 e. The van der Waals surface area contributed by atoms with Gasteiger partial charge in [-0.25, -0.2) is 18.2 Å². The molecule has 0 aromatic heterocycles. The molecule has 0 saturated heterocycles. The predicted octanol–water partition coefficient (Wildman–Crippen LogP) is 2.10. The standard InChI is InChI=1S/C11H12F3NO3/c1-15(17-2)11(16)7-3-4-8(12)9(5-7)18-6-10(13)14/h3-5,10H,6H2,1-2H3. The summed E-state index contributed by atoms with van der Waals surface area (Å²) in [6.07, 6.45) is -2.72. The Hall–Kier alpha value is -1.76. The third-order valence-corrected chi connectivity index (χ3v) is 2.10. The van der Waals surface area contributed by atoms with Gasteiger partial charge in [0, 0.05) is 12.6 Å². The molecule has 0 bridgehead atoms. The van der Waals surface area contributed by atoms with E-state index in [1.54, 1.807) is 0 Å². The van der Waals surface area contributed by atoms with Crippen LogP contribution in [0, 0.1) is 5.82 Å². The predicted molar refractivity (Wildman–Crippen MR) is 57.0 cm³/mol. The summed E-state index contributed by atoms with van der Waals surface area (Å²) < 4.78 is 41.7. The van der Waals surface area contributed by atoms with Gasteiger partial charge in [-0.3, -0.25) is 9.63 Å². The number of halogens is 3. The Labute approximate surface area is 102 Å². The number of rotatable bonds is 5. The number of carbonyl (C=O) groups excluding carboxylic acids is 1. The third kappa shape index (κ3) is 3.63. The molecule has 1 amide bonds. The second kappa shape index (κ2) is 6.25. The molecule has 0 heterocycles. The van der Waals surface area contributed by atoms with Gasteiger partial charge in [0.25, 0.3) is 12.3 Å². The molecular formula is C11H12F3NO3. The van der Waals surface area contributed by atoms with Gasteiger partial charge in [-0.2, -0.15) is 0 Å². The van der Waals surface area contributed by atoms with E-state index in [-0.39, 0.29) is 5.56 Å². The fourth-order valence-electron chi connectivity index (χ4n) is 1.16. The Bertz CT molecular complexity index is 426. The van der Waals surface area contributed by atoms with Crippen LogP contribution in [0.1, 0.15) is 10.4 Å². The molecule has 100 valence electrons. The SMILES string of the molecule is CON(C)C(=O)c1ccc(F)c(OCC(F)F)c1. The topological polar surface area (TPSA) is 38.8 Å². The van der Waals surface area contributed by atoms with Gasteiger partial charge in [0.05, 0.1) is 7.11 Å². The van der Waals surface area contributed by atoms with Crippen LogP contribution in [0.15, 0.2) is 18.2 Å². The van der Waals surface area contributed by atoms with Gasteiger partial charge in [0.15, 0.2) is 11.6 Å². The average Bonchev–Trinajstić information content (AvgIpc) is 2.35. The van der Waals surface area contributed by atoms with Crippen molar-refractivity contribution in [2.24, 2.45) is 0 Å².